The van der Waals surface area contributed by atoms with Crippen LogP contribution in [-0.4, -0.2) is 35.9 Å². The first-order valence-corrected chi connectivity index (χ1v) is 15.1. The van der Waals surface area contributed by atoms with Gasteiger partial charge in [-0.15, -0.1) is 0 Å². The fraction of sp³-hybridized carbons (Fsp3) is 0.167. The second-order valence-electron chi connectivity index (χ2n) is 9.63. The van der Waals surface area contributed by atoms with E-state index in [0.717, 1.165) is 11.8 Å². The SMILES string of the molecule is CC(=O)NC(Cc1ccc(-c2ccc3ncnc(Nc4ccc(OCc5cccc(F)c5)c(Cl)c4)c3c2)o1)S(C)(=O)=O. The molecule has 1 unspecified atom stereocenters. The summed E-state index contributed by atoms with van der Waals surface area (Å²) in [5.41, 5.74) is 2.75. The number of aromatic nitrogens is 2. The third kappa shape index (κ3) is 7.04. The van der Waals surface area contributed by atoms with E-state index in [1.807, 2.05) is 18.2 Å². The number of benzene rings is 3. The lowest BCUT2D eigenvalue weighted by molar-refractivity contribution is -0.119. The minimum atomic E-state index is -3.55. The Morgan fingerprint density at radius 2 is 1.90 bits per heavy atom. The van der Waals surface area contributed by atoms with Crippen LogP contribution in [0.25, 0.3) is 22.2 Å². The van der Waals surface area contributed by atoms with Gasteiger partial charge in [-0.3, -0.25) is 4.79 Å². The Bertz CT molecular complexity index is 1880. The number of furan rings is 1. The lowest BCUT2D eigenvalue weighted by Crippen LogP contribution is -2.40. The van der Waals surface area contributed by atoms with E-state index >= 15 is 0 Å². The molecule has 9 nitrogen and oxygen atoms in total. The molecule has 42 heavy (non-hydrogen) atoms. The first-order valence-electron chi connectivity index (χ1n) is 12.8. The average molecular weight is 609 g/mol. The van der Waals surface area contributed by atoms with Crippen molar-refractivity contribution in [2.24, 2.45) is 0 Å². The molecule has 1 amide bonds. The minimum Gasteiger partial charge on any atom is -0.487 e. The number of nitrogens with zero attached hydrogens (tertiary/aromatic N) is 2. The Hall–Kier alpha value is -4.48. The van der Waals surface area contributed by atoms with Crippen LogP contribution in [0.1, 0.15) is 18.2 Å². The molecule has 0 saturated carbocycles. The number of halogens is 2. The van der Waals surface area contributed by atoms with Crippen molar-refractivity contribution in [3.8, 4) is 17.1 Å². The summed E-state index contributed by atoms with van der Waals surface area (Å²) in [6.45, 7) is 1.43. The number of rotatable bonds is 10. The zero-order chi connectivity index (χ0) is 29.9. The molecular formula is C30H26ClFN4O5S. The first-order chi connectivity index (χ1) is 20.0. The molecule has 0 saturated heterocycles. The van der Waals surface area contributed by atoms with Gasteiger partial charge in [-0.05, 0) is 66.2 Å². The summed E-state index contributed by atoms with van der Waals surface area (Å²) in [6, 6.07) is 20.3. The Balaban J connectivity index is 1.35. The molecule has 0 radical (unpaired) electrons. The fourth-order valence-electron chi connectivity index (χ4n) is 4.29. The normalized spacial score (nSPS) is 12.2. The summed E-state index contributed by atoms with van der Waals surface area (Å²) < 4.78 is 49.4. The van der Waals surface area contributed by atoms with Gasteiger partial charge >= 0.3 is 0 Å². The Morgan fingerprint density at radius 3 is 2.64 bits per heavy atom. The van der Waals surface area contributed by atoms with Crippen LogP contribution < -0.4 is 15.4 Å². The molecule has 5 rings (SSSR count). The molecule has 0 spiro atoms. The first kappa shape index (κ1) is 29.0. The summed E-state index contributed by atoms with van der Waals surface area (Å²) >= 11 is 6.47. The zero-order valence-electron chi connectivity index (χ0n) is 22.6. The van der Waals surface area contributed by atoms with Crippen molar-refractivity contribution in [1.82, 2.24) is 15.3 Å². The van der Waals surface area contributed by atoms with Gasteiger partial charge in [0.25, 0.3) is 0 Å². The van der Waals surface area contributed by atoms with Gasteiger partial charge in [-0.25, -0.2) is 22.8 Å². The number of hydrogen-bond acceptors (Lipinski definition) is 8. The molecule has 2 heterocycles. The van der Waals surface area contributed by atoms with Crippen LogP contribution in [0.4, 0.5) is 15.9 Å². The quantitative estimate of drug-likeness (QED) is 0.196. The van der Waals surface area contributed by atoms with E-state index in [1.165, 1.54) is 25.4 Å². The molecular weight excluding hydrogens is 583 g/mol. The number of anilines is 2. The number of nitrogens with one attached hydrogen (secondary N) is 2. The Labute approximate surface area is 246 Å². The fourth-order valence-corrected chi connectivity index (χ4v) is 5.37. The van der Waals surface area contributed by atoms with Crippen LogP contribution in [0.3, 0.4) is 0 Å². The lowest BCUT2D eigenvalue weighted by Gasteiger charge is -2.14. The van der Waals surface area contributed by atoms with E-state index in [2.05, 4.69) is 20.6 Å². The van der Waals surface area contributed by atoms with Crippen molar-refractivity contribution in [2.75, 3.05) is 11.6 Å². The maximum atomic E-state index is 13.4. The Kier molecular flexibility index (Phi) is 8.41. The van der Waals surface area contributed by atoms with E-state index in [4.69, 9.17) is 20.8 Å². The van der Waals surface area contributed by atoms with Crippen molar-refractivity contribution in [2.45, 2.75) is 25.3 Å². The maximum Gasteiger partial charge on any atom is 0.217 e. The Morgan fingerprint density at radius 1 is 1.07 bits per heavy atom. The summed E-state index contributed by atoms with van der Waals surface area (Å²) in [5.74, 6) is 1.12. The van der Waals surface area contributed by atoms with Crippen LogP contribution in [0, 0.1) is 5.82 Å². The van der Waals surface area contributed by atoms with Gasteiger partial charge in [0.05, 0.1) is 10.5 Å². The van der Waals surface area contributed by atoms with Crippen LogP contribution in [0.15, 0.2) is 83.5 Å². The summed E-state index contributed by atoms with van der Waals surface area (Å²) in [7, 11) is -3.55. The van der Waals surface area contributed by atoms with Crippen LogP contribution in [0.2, 0.25) is 5.02 Å². The summed E-state index contributed by atoms with van der Waals surface area (Å²) in [6.07, 6.45) is 2.50. The summed E-state index contributed by atoms with van der Waals surface area (Å²) in [4.78, 5) is 20.2. The number of carbonyl (C=O) groups is 1. The van der Waals surface area contributed by atoms with Crippen molar-refractivity contribution in [3.63, 3.8) is 0 Å². The number of fused-ring (bicyclic) bond motifs is 1. The second-order valence-corrected chi connectivity index (χ2v) is 12.3. The molecule has 2 N–H and O–H groups in total. The molecule has 3 aromatic carbocycles. The molecule has 0 aliphatic carbocycles. The van der Waals surface area contributed by atoms with Crippen LogP contribution in [-0.2, 0) is 27.7 Å². The number of hydrogen-bond donors (Lipinski definition) is 2. The van der Waals surface area contributed by atoms with Crippen LogP contribution >= 0.6 is 11.6 Å². The molecule has 1 atom stereocenters. The van der Waals surface area contributed by atoms with Crippen molar-refractivity contribution < 1.29 is 26.8 Å². The molecule has 0 bridgehead atoms. The minimum absolute atomic E-state index is 0.00931. The predicted molar refractivity (Wildman–Crippen MR) is 159 cm³/mol. The lowest BCUT2D eigenvalue weighted by atomic mass is 10.1. The third-order valence-electron chi connectivity index (χ3n) is 6.33. The number of carbonyl (C=O) groups excluding carboxylic acids is 1. The highest BCUT2D eigenvalue weighted by molar-refractivity contribution is 7.91. The van der Waals surface area contributed by atoms with E-state index in [-0.39, 0.29) is 18.8 Å². The van der Waals surface area contributed by atoms with Crippen molar-refractivity contribution in [1.29, 1.82) is 0 Å². The van der Waals surface area contributed by atoms with Gasteiger partial charge < -0.3 is 19.8 Å². The molecule has 0 aliphatic rings. The largest absolute Gasteiger partial charge is 0.487 e. The predicted octanol–water partition coefficient (Wildman–Crippen LogP) is 6.05. The van der Waals surface area contributed by atoms with Gasteiger partial charge in [0.2, 0.25) is 5.91 Å². The van der Waals surface area contributed by atoms with Crippen molar-refractivity contribution in [3.05, 3.63) is 101 Å². The topological polar surface area (TPSA) is 123 Å². The number of amides is 1. The third-order valence-corrected chi connectivity index (χ3v) is 7.94. The van der Waals surface area contributed by atoms with Gasteiger partial charge in [-0.1, -0.05) is 23.7 Å². The molecule has 0 aliphatic heterocycles. The monoisotopic (exact) mass is 608 g/mol. The van der Waals surface area contributed by atoms with Gasteiger partial charge in [-0.2, -0.15) is 0 Å². The molecule has 216 valence electrons. The standard InChI is InChI=1S/C30H26ClFN4O5S/c1-18(37)35-29(42(2,38)39)15-23-8-11-27(41-23)20-6-9-26-24(13-20)30(34-17-33-26)36-22-7-10-28(25(31)14-22)40-16-19-4-3-5-21(32)12-19/h3-14,17,29H,15-16H2,1-2H3,(H,35,37)(H,33,34,36). The number of sulfone groups is 1. The average Bonchev–Trinajstić information content (AvgIpc) is 3.40. The second kappa shape index (κ2) is 12.2. The van der Waals surface area contributed by atoms with Gasteiger partial charge in [0.15, 0.2) is 9.84 Å². The molecule has 5 aromatic rings. The van der Waals surface area contributed by atoms with Crippen LogP contribution in [0.5, 0.6) is 5.75 Å². The van der Waals surface area contributed by atoms with Gasteiger partial charge in [0.1, 0.15) is 47.2 Å². The highest BCUT2D eigenvalue weighted by Crippen LogP contribution is 2.33. The maximum absolute atomic E-state index is 13.4. The zero-order valence-corrected chi connectivity index (χ0v) is 24.2. The van der Waals surface area contributed by atoms with E-state index in [9.17, 15) is 17.6 Å². The van der Waals surface area contributed by atoms with E-state index < -0.39 is 21.1 Å². The van der Waals surface area contributed by atoms with Gasteiger partial charge in [0, 0.05) is 36.2 Å². The summed E-state index contributed by atoms with van der Waals surface area (Å²) in [5, 5.41) is 5.70. The highest BCUT2D eigenvalue weighted by atomic mass is 35.5. The molecule has 0 fully saturated rings. The highest BCUT2D eigenvalue weighted by Gasteiger charge is 2.23. The van der Waals surface area contributed by atoms with E-state index in [0.29, 0.717) is 50.3 Å². The molecule has 12 heteroatoms. The molecule has 2 aromatic heterocycles. The van der Waals surface area contributed by atoms with E-state index in [1.54, 1.807) is 42.5 Å². The number of ether oxygens (including phenoxy) is 1. The smallest absolute Gasteiger partial charge is 0.217 e. The van der Waals surface area contributed by atoms with Crippen molar-refractivity contribution >= 4 is 49.8 Å².